The van der Waals surface area contributed by atoms with Gasteiger partial charge in [-0.3, -0.25) is 0 Å². The zero-order valence-electron chi connectivity index (χ0n) is 16.2. The van der Waals surface area contributed by atoms with Gasteiger partial charge in [0.1, 0.15) is 5.82 Å². The SMILES string of the molecule is Cc1nc(CN(C)C(=NCc2ccccc2)NCc2nnc(C)n2C)cs1. The third-order valence-electron chi connectivity index (χ3n) is 4.27. The van der Waals surface area contributed by atoms with Crippen LogP contribution in [0.1, 0.15) is 27.9 Å². The lowest BCUT2D eigenvalue weighted by Gasteiger charge is -2.21. The summed E-state index contributed by atoms with van der Waals surface area (Å²) in [6, 6.07) is 10.2. The van der Waals surface area contributed by atoms with Gasteiger partial charge in [-0.15, -0.1) is 21.5 Å². The van der Waals surface area contributed by atoms with Crippen molar-refractivity contribution < 1.29 is 0 Å². The molecule has 0 saturated heterocycles. The van der Waals surface area contributed by atoms with Gasteiger partial charge in [0.25, 0.3) is 0 Å². The van der Waals surface area contributed by atoms with E-state index in [-0.39, 0.29) is 0 Å². The van der Waals surface area contributed by atoms with Crippen LogP contribution < -0.4 is 5.32 Å². The fraction of sp³-hybridized carbons (Fsp3) is 0.368. The fourth-order valence-electron chi connectivity index (χ4n) is 2.62. The first-order valence-electron chi connectivity index (χ1n) is 8.82. The molecule has 2 heterocycles. The molecule has 0 atom stereocenters. The lowest BCUT2D eigenvalue weighted by Crippen LogP contribution is -2.38. The predicted octanol–water partition coefficient (Wildman–Crippen LogP) is 2.67. The average molecular weight is 384 g/mol. The van der Waals surface area contributed by atoms with Crippen LogP contribution in [0.2, 0.25) is 0 Å². The van der Waals surface area contributed by atoms with Gasteiger partial charge in [-0.2, -0.15) is 0 Å². The number of benzene rings is 1. The summed E-state index contributed by atoms with van der Waals surface area (Å²) in [4.78, 5) is 11.4. The van der Waals surface area contributed by atoms with Crippen LogP contribution in [0.3, 0.4) is 0 Å². The highest BCUT2D eigenvalue weighted by molar-refractivity contribution is 7.09. The molecule has 1 aromatic carbocycles. The Kier molecular flexibility index (Phi) is 6.18. The molecular formula is C19H25N7S. The molecule has 0 spiro atoms. The van der Waals surface area contributed by atoms with E-state index in [0.29, 0.717) is 19.6 Å². The van der Waals surface area contributed by atoms with Gasteiger partial charge >= 0.3 is 0 Å². The molecule has 142 valence electrons. The molecule has 0 radical (unpaired) electrons. The van der Waals surface area contributed by atoms with Crippen LogP contribution in [0.15, 0.2) is 40.7 Å². The minimum Gasteiger partial charge on any atom is -0.349 e. The fourth-order valence-corrected chi connectivity index (χ4v) is 3.23. The van der Waals surface area contributed by atoms with Crippen LogP contribution in [-0.4, -0.2) is 37.7 Å². The Morgan fingerprint density at radius 1 is 1.22 bits per heavy atom. The Hall–Kier alpha value is -2.74. The Bertz CT molecular complexity index is 898. The number of guanidine groups is 1. The predicted molar refractivity (Wildman–Crippen MR) is 108 cm³/mol. The van der Waals surface area contributed by atoms with Gasteiger partial charge in [0.2, 0.25) is 0 Å². The maximum atomic E-state index is 4.80. The van der Waals surface area contributed by atoms with E-state index in [1.54, 1.807) is 11.3 Å². The van der Waals surface area contributed by atoms with E-state index in [1.807, 2.05) is 50.7 Å². The number of hydrogen-bond acceptors (Lipinski definition) is 5. The van der Waals surface area contributed by atoms with Crippen LogP contribution in [0.5, 0.6) is 0 Å². The van der Waals surface area contributed by atoms with Gasteiger partial charge in [0.15, 0.2) is 11.8 Å². The van der Waals surface area contributed by atoms with Crippen molar-refractivity contribution in [2.45, 2.75) is 33.5 Å². The topological polar surface area (TPSA) is 71.2 Å². The Morgan fingerprint density at radius 3 is 2.63 bits per heavy atom. The largest absolute Gasteiger partial charge is 0.349 e. The maximum absolute atomic E-state index is 4.80. The normalized spacial score (nSPS) is 11.6. The molecule has 0 unspecified atom stereocenters. The molecule has 0 aliphatic rings. The molecule has 1 N–H and O–H groups in total. The van der Waals surface area contributed by atoms with Crippen LogP contribution in [0, 0.1) is 13.8 Å². The second-order valence-corrected chi connectivity index (χ2v) is 7.48. The Morgan fingerprint density at radius 2 is 2.00 bits per heavy atom. The minimum absolute atomic E-state index is 0.561. The monoisotopic (exact) mass is 383 g/mol. The molecule has 8 heteroatoms. The summed E-state index contributed by atoms with van der Waals surface area (Å²) in [7, 11) is 3.99. The van der Waals surface area contributed by atoms with E-state index >= 15 is 0 Å². The number of hydrogen-bond donors (Lipinski definition) is 1. The highest BCUT2D eigenvalue weighted by atomic mass is 32.1. The smallest absolute Gasteiger partial charge is 0.194 e. The summed E-state index contributed by atoms with van der Waals surface area (Å²) in [6.45, 7) is 5.83. The van der Waals surface area contributed by atoms with Gasteiger partial charge in [-0.25, -0.2) is 9.98 Å². The summed E-state index contributed by atoms with van der Waals surface area (Å²) < 4.78 is 1.98. The highest BCUT2D eigenvalue weighted by Crippen LogP contribution is 2.10. The molecule has 7 nitrogen and oxygen atoms in total. The van der Waals surface area contributed by atoms with Gasteiger partial charge in [-0.05, 0) is 19.4 Å². The van der Waals surface area contributed by atoms with Crippen LogP contribution >= 0.6 is 11.3 Å². The number of nitrogens with one attached hydrogen (secondary N) is 1. The van der Waals surface area contributed by atoms with Crippen molar-refractivity contribution in [3.8, 4) is 0 Å². The Balaban J connectivity index is 1.73. The number of thiazole rings is 1. The number of nitrogens with zero attached hydrogens (tertiary/aromatic N) is 6. The van der Waals surface area contributed by atoms with E-state index in [0.717, 1.165) is 28.3 Å². The third kappa shape index (κ3) is 5.13. The lowest BCUT2D eigenvalue weighted by atomic mass is 10.2. The molecule has 3 rings (SSSR count). The zero-order chi connectivity index (χ0) is 19.2. The van der Waals surface area contributed by atoms with Gasteiger partial charge in [0.05, 0.1) is 30.3 Å². The van der Waals surface area contributed by atoms with Crippen molar-refractivity contribution in [3.63, 3.8) is 0 Å². The maximum Gasteiger partial charge on any atom is 0.194 e. The lowest BCUT2D eigenvalue weighted by molar-refractivity contribution is 0.466. The summed E-state index contributed by atoms with van der Waals surface area (Å²) >= 11 is 1.66. The number of rotatable bonds is 6. The molecular weight excluding hydrogens is 358 g/mol. The number of aromatic nitrogens is 4. The number of aliphatic imine (C=N–C) groups is 1. The first kappa shape index (κ1) is 19.0. The van der Waals surface area contributed by atoms with E-state index in [1.165, 1.54) is 5.56 Å². The molecule has 0 fully saturated rings. The van der Waals surface area contributed by atoms with Crippen molar-refractivity contribution in [2.75, 3.05) is 7.05 Å². The van der Waals surface area contributed by atoms with E-state index in [2.05, 4.69) is 42.9 Å². The van der Waals surface area contributed by atoms with Gasteiger partial charge in [-0.1, -0.05) is 30.3 Å². The summed E-state index contributed by atoms with van der Waals surface area (Å²) in [5, 5.41) is 14.9. The quantitative estimate of drug-likeness (QED) is 0.523. The minimum atomic E-state index is 0.561. The van der Waals surface area contributed by atoms with E-state index < -0.39 is 0 Å². The average Bonchev–Trinajstić information content (AvgIpc) is 3.22. The molecule has 0 aliphatic heterocycles. The summed E-state index contributed by atoms with van der Waals surface area (Å²) in [5.74, 6) is 2.57. The molecule has 0 saturated carbocycles. The van der Waals surface area contributed by atoms with Crippen LogP contribution in [0.4, 0.5) is 0 Å². The first-order valence-corrected chi connectivity index (χ1v) is 9.70. The molecule has 0 bridgehead atoms. The van der Waals surface area contributed by atoms with Crippen molar-refractivity contribution in [1.82, 2.24) is 30.0 Å². The summed E-state index contributed by atoms with van der Waals surface area (Å²) in [5.41, 5.74) is 2.22. The molecule has 0 aliphatic carbocycles. The molecule has 27 heavy (non-hydrogen) atoms. The van der Waals surface area contributed by atoms with Crippen LogP contribution in [-0.2, 0) is 26.7 Å². The second-order valence-electron chi connectivity index (χ2n) is 6.42. The van der Waals surface area contributed by atoms with Crippen LogP contribution in [0.25, 0.3) is 0 Å². The number of aryl methyl sites for hydroxylation is 2. The van der Waals surface area contributed by atoms with Crippen molar-refractivity contribution >= 4 is 17.3 Å². The molecule has 3 aromatic rings. The second kappa shape index (κ2) is 8.77. The molecule has 0 amide bonds. The zero-order valence-corrected chi connectivity index (χ0v) is 17.0. The standard InChI is InChI=1S/C19H25N7S/c1-14-23-24-18(26(14)4)11-21-19(20-10-16-8-6-5-7-9-16)25(3)12-17-13-27-15(2)22-17/h5-9,13H,10-12H2,1-4H3,(H,20,21). The highest BCUT2D eigenvalue weighted by Gasteiger charge is 2.11. The van der Waals surface area contributed by atoms with E-state index in [4.69, 9.17) is 4.99 Å². The third-order valence-corrected chi connectivity index (χ3v) is 5.09. The van der Waals surface area contributed by atoms with Gasteiger partial charge < -0.3 is 14.8 Å². The van der Waals surface area contributed by atoms with Gasteiger partial charge in [0, 0.05) is 19.5 Å². The first-order chi connectivity index (χ1) is 13.0. The van der Waals surface area contributed by atoms with Crippen molar-refractivity contribution in [3.05, 3.63) is 63.6 Å². The summed E-state index contributed by atoms with van der Waals surface area (Å²) in [6.07, 6.45) is 0. The Labute approximate surface area is 163 Å². The van der Waals surface area contributed by atoms with Crippen molar-refractivity contribution in [2.24, 2.45) is 12.0 Å². The molecule has 2 aromatic heterocycles. The van der Waals surface area contributed by atoms with E-state index in [9.17, 15) is 0 Å². The van der Waals surface area contributed by atoms with Crippen molar-refractivity contribution in [1.29, 1.82) is 0 Å².